The SMILES string of the molecule is Cn1cc(COC(=O)NCCC(C)(C)OCCC(C)(C)OC(=O)NCCOP(=O)(N=O)OCC(COC=O)OC=O)nn1. The van der Waals surface area contributed by atoms with Crippen molar-refractivity contribution in [2.24, 2.45) is 12.0 Å². The number of nitrogens with zero attached hydrogens (tertiary/aromatic N) is 4. The van der Waals surface area contributed by atoms with Crippen LogP contribution in [0.25, 0.3) is 0 Å². The minimum Gasteiger partial charge on any atom is -0.464 e. The van der Waals surface area contributed by atoms with Gasteiger partial charge in [-0.1, -0.05) is 5.21 Å². The van der Waals surface area contributed by atoms with Gasteiger partial charge in [0, 0.05) is 31.5 Å². The highest BCUT2D eigenvalue weighted by atomic mass is 31.2. The van der Waals surface area contributed by atoms with Gasteiger partial charge in [-0.2, -0.15) is 0 Å². The monoisotopic (exact) mass is 638 g/mol. The van der Waals surface area contributed by atoms with Crippen molar-refractivity contribution in [3.63, 3.8) is 0 Å². The fraction of sp³-hybridized carbons (Fsp3) is 0.739. The number of alkyl carbamates (subject to hydrolysis) is 2. The van der Waals surface area contributed by atoms with Gasteiger partial charge in [-0.25, -0.2) is 14.2 Å². The number of nitrogens with one attached hydrogen (secondary N) is 2. The first-order valence-corrected chi connectivity index (χ1v) is 14.5. The highest BCUT2D eigenvalue weighted by Gasteiger charge is 2.29. The van der Waals surface area contributed by atoms with Crippen LogP contribution in [0.5, 0.6) is 0 Å². The van der Waals surface area contributed by atoms with Gasteiger partial charge in [-0.05, 0) is 34.1 Å². The van der Waals surface area contributed by atoms with Crippen LogP contribution in [-0.4, -0.2) is 96.9 Å². The Balaban J connectivity index is 2.29. The van der Waals surface area contributed by atoms with Crippen LogP contribution in [0.1, 0.15) is 46.2 Å². The van der Waals surface area contributed by atoms with E-state index in [1.807, 2.05) is 13.8 Å². The Kier molecular flexibility index (Phi) is 16.3. The second kappa shape index (κ2) is 18.8. The maximum Gasteiger partial charge on any atom is 0.489 e. The summed E-state index contributed by atoms with van der Waals surface area (Å²) in [5.41, 5.74) is -1.00. The third kappa shape index (κ3) is 17.1. The molecule has 0 fully saturated rings. The number of rotatable bonds is 23. The zero-order valence-electron chi connectivity index (χ0n) is 24.7. The molecule has 43 heavy (non-hydrogen) atoms. The number of hydrogen-bond donors (Lipinski definition) is 2. The summed E-state index contributed by atoms with van der Waals surface area (Å²) in [6, 6.07) is 0. The molecule has 0 aliphatic heterocycles. The molecule has 19 nitrogen and oxygen atoms in total. The molecule has 1 rings (SSSR count). The normalized spacial score (nSPS) is 13.6. The minimum absolute atomic E-state index is 0.000498. The van der Waals surface area contributed by atoms with Crippen LogP contribution in [0.4, 0.5) is 9.59 Å². The highest BCUT2D eigenvalue weighted by Crippen LogP contribution is 2.49. The molecule has 0 aliphatic carbocycles. The number of carbonyl (C=O) groups excluding carboxylic acids is 4. The lowest BCUT2D eigenvalue weighted by Gasteiger charge is -2.29. The number of hydrogen-bond acceptors (Lipinski definition) is 15. The van der Waals surface area contributed by atoms with Crippen LogP contribution in [-0.2, 0) is 60.5 Å². The molecule has 0 spiro atoms. The third-order valence-electron chi connectivity index (χ3n) is 5.31. The van der Waals surface area contributed by atoms with Crippen LogP contribution in [0.3, 0.4) is 0 Å². The Morgan fingerprint density at radius 3 is 2.37 bits per heavy atom. The van der Waals surface area contributed by atoms with Gasteiger partial charge in [-0.3, -0.25) is 23.3 Å². The first kappa shape index (κ1) is 37.4. The van der Waals surface area contributed by atoms with Crippen LogP contribution in [0.15, 0.2) is 11.1 Å². The van der Waals surface area contributed by atoms with Crippen molar-refractivity contribution in [1.82, 2.24) is 25.6 Å². The summed E-state index contributed by atoms with van der Waals surface area (Å²) in [6.07, 6.45) is -0.0891. The van der Waals surface area contributed by atoms with Gasteiger partial charge in [0.25, 0.3) is 12.9 Å². The summed E-state index contributed by atoms with van der Waals surface area (Å²) in [5.74, 6) is 0. The molecule has 0 aliphatic rings. The van der Waals surface area contributed by atoms with Crippen LogP contribution >= 0.6 is 7.75 Å². The lowest BCUT2D eigenvalue weighted by molar-refractivity contribution is -0.144. The lowest BCUT2D eigenvalue weighted by Crippen LogP contribution is -2.38. The first-order chi connectivity index (χ1) is 20.2. The molecule has 2 atom stereocenters. The topological polar surface area (TPSA) is 234 Å². The molecule has 20 heteroatoms. The van der Waals surface area contributed by atoms with E-state index in [1.165, 1.54) is 4.68 Å². The summed E-state index contributed by atoms with van der Waals surface area (Å²) in [7, 11) is -2.78. The van der Waals surface area contributed by atoms with Crippen molar-refractivity contribution in [2.45, 2.75) is 64.4 Å². The van der Waals surface area contributed by atoms with Crippen molar-refractivity contribution in [1.29, 1.82) is 0 Å². The standard InChI is InChI=1S/C23H39N6O13P/c1-22(2,6-8-24-20(32)37-13-18-12-29(5)27-26-18)39-10-7-23(3,4)42-21(33)25-9-11-40-43(35,28-34)41-15-19(38-17-31)14-36-16-30/h12,16-17,19H,6-11,13-15H2,1-5H3,(H,24,32)(H,25,33). The number of nitroso groups, excluding NO2 is 1. The van der Waals surface area contributed by atoms with E-state index in [0.717, 1.165) is 0 Å². The van der Waals surface area contributed by atoms with Crippen LogP contribution < -0.4 is 10.6 Å². The van der Waals surface area contributed by atoms with Gasteiger partial charge in [0.05, 0.1) is 31.6 Å². The Morgan fingerprint density at radius 1 is 1.02 bits per heavy atom. The van der Waals surface area contributed by atoms with Gasteiger partial charge in [0.1, 0.15) is 24.5 Å². The zero-order valence-corrected chi connectivity index (χ0v) is 25.6. The first-order valence-electron chi connectivity index (χ1n) is 13.0. The molecular formula is C23H39N6O13P. The maximum atomic E-state index is 12.3. The van der Waals surface area contributed by atoms with Gasteiger partial charge in [0.2, 0.25) is 0 Å². The second-order valence-electron chi connectivity index (χ2n) is 10.0. The number of ether oxygens (including phenoxy) is 5. The summed E-state index contributed by atoms with van der Waals surface area (Å²) >= 11 is 0. The predicted molar refractivity (Wildman–Crippen MR) is 145 cm³/mol. The summed E-state index contributed by atoms with van der Waals surface area (Å²) < 4.78 is 48.8. The molecule has 1 aromatic rings. The van der Waals surface area contributed by atoms with Crippen molar-refractivity contribution in [3.8, 4) is 0 Å². The van der Waals surface area contributed by atoms with Crippen molar-refractivity contribution < 1.29 is 56.5 Å². The van der Waals surface area contributed by atoms with Gasteiger partial charge < -0.3 is 34.3 Å². The molecular weight excluding hydrogens is 599 g/mol. The quantitative estimate of drug-likeness (QED) is 0.0571. The van der Waals surface area contributed by atoms with E-state index in [1.54, 1.807) is 27.1 Å². The maximum absolute atomic E-state index is 12.3. The average Bonchev–Trinajstić information content (AvgIpc) is 3.35. The van der Waals surface area contributed by atoms with E-state index in [2.05, 4.69) is 35.4 Å². The molecule has 2 N–H and O–H groups in total. The Morgan fingerprint density at radius 2 is 1.74 bits per heavy atom. The van der Waals surface area contributed by atoms with Crippen molar-refractivity contribution in [2.75, 3.05) is 39.5 Å². The van der Waals surface area contributed by atoms with E-state index < -0.39 is 57.1 Å². The van der Waals surface area contributed by atoms with Gasteiger partial charge in [0.15, 0.2) is 6.10 Å². The molecule has 1 aromatic heterocycles. The zero-order chi connectivity index (χ0) is 32.4. The molecule has 0 radical (unpaired) electrons. The summed E-state index contributed by atoms with van der Waals surface area (Å²) in [4.78, 5) is 58.1. The second-order valence-corrected chi connectivity index (χ2v) is 11.7. The lowest BCUT2D eigenvalue weighted by atomic mass is 10.0. The van der Waals surface area contributed by atoms with Gasteiger partial charge >= 0.3 is 19.9 Å². The number of amides is 2. The van der Waals surface area contributed by atoms with E-state index in [-0.39, 0.29) is 32.7 Å². The predicted octanol–water partition coefficient (Wildman–Crippen LogP) is 1.74. The Bertz CT molecular complexity index is 1080. The molecule has 2 unspecified atom stereocenters. The third-order valence-corrected chi connectivity index (χ3v) is 6.50. The van der Waals surface area contributed by atoms with Crippen molar-refractivity contribution >= 4 is 32.9 Å². The summed E-state index contributed by atoms with van der Waals surface area (Å²) in [5, 5.41) is 12.6. The fourth-order valence-corrected chi connectivity index (χ4v) is 3.87. The average molecular weight is 639 g/mol. The van der Waals surface area contributed by atoms with Gasteiger partial charge in [-0.15, -0.1) is 10.0 Å². The number of aryl methyl sites for hydroxylation is 1. The molecule has 0 aromatic carbocycles. The minimum atomic E-state index is -4.49. The molecule has 2 amide bonds. The molecule has 0 saturated heterocycles. The Hall–Kier alpha value is -3.67. The Labute approximate surface area is 248 Å². The van der Waals surface area contributed by atoms with E-state index in [4.69, 9.17) is 23.3 Å². The van der Waals surface area contributed by atoms with E-state index in [9.17, 15) is 28.7 Å². The van der Waals surface area contributed by atoms with E-state index >= 15 is 0 Å². The fourth-order valence-electron chi connectivity index (χ4n) is 3.03. The number of carbonyl (C=O) groups is 4. The largest absolute Gasteiger partial charge is 0.489 e. The molecule has 0 bridgehead atoms. The van der Waals surface area contributed by atoms with Crippen LogP contribution in [0, 0.1) is 4.91 Å². The molecule has 244 valence electrons. The van der Waals surface area contributed by atoms with E-state index in [0.29, 0.717) is 25.1 Å². The molecule has 1 heterocycles. The smallest absolute Gasteiger partial charge is 0.464 e. The van der Waals surface area contributed by atoms with Crippen LogP contribution in [0.2, 0.25) is 0 Å². The highest BCUT2D eigenvalue weighted by molar-refractivity contribution is 7.52. The number of aromatic nitrogens is 3. The van der Waals surface area contributed by atoms with Crippen molar-refractivity contribution in [3.05, 3.63) is 16.8 Å². The summed E-state index contributed by atoms with van der Waals surface area (Å²) in [6.45, 7) is 6.10. The molecule has 0 saturated carbocycles.